The molecule has 1 aliphatic heterocycles. The quantitative estimate of drug-likeness (QED) is 0.311. The molecule has 0 saturated carbocycles. The zero-order valence-corrected chi connectivity index (χ0v) is 22.5. The molecule has 10 heteroatoms. The molecule has 1 aliphatic rings. The number of hydrogen-bond acceptors (Lipinski definition) is 7. The zero-order chi connectivity index (χ0) is 26.2. The van der Waals surface area contributed by atoms with Crippen molar-refractivity contribution >= 4 is 62.1 Å². The number of anilines is 1. The summed E-state index contributed by atoms with van der Waals surface area (Å²) in [5.41, 5.74) is 2.10. The Labute approximate surface area is 227 Å². The Balaban J connectivity index is 1.48. The van der Waals surface area contributed by atoms with Crippen molar-refractivity contribution in [1.29, 1.82) is 0 Å². The molecule has 37 heavy (non-hydrogen) atoms. The lowest BCUT2D eigenvalue weighted by Gasteiger charge is -2.14. The van der Waals surface area contributed by atoms with Crippen LogP contribution in [0.3, 0.4) is 0 Å². The summed E-state index contributed by atoms with van der Waals surface area (Å²) >= 11 is 4.78. The van der Waals surface area contributed by atoms with E-state index in [2.05, 4.69) is 31.6 Å². The SMILES string of the molecule is CCOc1cc(/C=C2/SC(=Nc3ccc(OC)cc3)NC2=O)c(Br)cc1OCC(=O)Nc1ccccc1. The third kappa shape index (κ3) is 7.14. The van der Waals surface area contributed by atoms with Crippen molar-refractivity contribution in [2.24, 2.45) is 4.99 Å². The van der Waals surface area contributed by atoms with Gasteiger partial charge in [0.2, 0.25) is 0 Å². The Hall–Kier alpha value is -3.76. The van der Waals surface area contributed by atoms with Crippen LogP contribution in [0.1, 0.15) is 12.5 Å². The molecule has 3 aromatic rings. The predicted molar refractivity (Wildman–Crippen MR) is 150 cm³/mol. The third-order valence-corrected chi connectivity index (χ3v) is 6.62. The van der Waals surface area contributed by atoms with Crippen LogP contribution < -0.4 is 24.8 Å². The standard InChI is InChI=1S/C27H24BrN3O5S/c1-3-35-22-13-17(21(28)15-23(22)36-16-25(32)29-18-7-5-4-6-8-18)14-24-26(33)31-27(37-24)30-19-9-11-20(34-2)12-10-19/h4-15H,3,16H2,1-2H3,(H,29,32)(H,30,31,33)/b24-14+. The largest absolute Gasteiger partial charge is 0.497 e. The van der Waals surface area contributed by atoms with Crippen molar-refractivity contribution in [3.63, 3.8) is 0 Å². The van der Waals surface area contributed by atoms with Gasteiger partial charge in [-0.1, -0.05) is 34.1 Å². The summed E-state index contributed by atoms with van der Waals surface area (Å²) in [5.74, 6) is 1.05. The number of rotatable bonds is 9. The number of amides is 2. The number of aliphatic imine (C=N–C) groups is 1. The number of nitrogens with zero attached hydrogens (tertiary/aromatic N) is 1. The van der Waals surface area contributed by atoms with Gasteiger partial charge in [0.15, 0.2) is 23.3 Å². The van der Waals surface area contributed by atoms with Gasteiger partial charge in [-0.2, -0.15) is 0 Å². The van der Waals surface area contributed by atoms with Crippen molar-refractivity contribution < 1.29 is 23.8 Å². The van der Waals surface area contributed by atoms with Gasteiger partial charge in [0.25, 0.3) is 11.8 Å². The van der Waals surface area contributed by atoms with Gasteiger partial charge >= 0.3 is 0 Å². The van der Waals surface area contributed by atoms with Crippen molar-refractivity contribution in [3.8, 4) is 17.2 Å². The number of halogens is 1. The fourth-order valence-electron chi connectivity index (χ4n) is 3.30. The molecule has 1 saturated heterocycles. The second-order valence-corrected chi connectivity index (χ2v) is 9.52. The Morgan fingerprint density at radius 3 is 2.51 bits per heavy atom. The predicted octanol–water partition coefficient (Wildman–Crippen LogP) is 5.77. The van der Waals surface area contributed by atoms with Gasteiger partial charge in [0.05, 0.1) is 24.3 Å². The van der Waals surface area contributed by atoms with Crippen molar-refractivity contribution in [2.75, 3.05) is 25.6 Å². The van der Waals surface area contributed by atoms with E-state index in [4.69, 9.17) is 14.2 Å². The van der Waals surface area contributed by atoms with Crippen LogP contribution in [0.25, 0.3) is 6.08 Å². The second kappa shape index (κ2) is 12.5. The molecule has 2 amide bonds. The van der Waals surface area contributed by atoms with Crippen molar-refractivity contribution in [2.45, 2.75) is 6.92 Å². The molecule has 0 unspecified atom stereocenters. The van der Waals surface area contributed by atoms with E-state index in [1.807, 2.05) is 37.3 Å². The smallest absolute Gasteiger partial charge is 0.264 e. The van der Waals surface area contributed by atoms with Gasteiger partial charge < -0.3 is 24.8 Å². The van der Waals surface area contributed by atoms with Gasteiger partial charge in [-0.15, -0.1) is 0 Å². The molecule has 3 aromatic carbocycles. The molecule has 8 nitrogen and oxygen atoms in total. The highest BCUT2D eigenvalue weighted by molar-refractivity contribution is 9.10. The van der Waals surface area contributed by atoms with E-state index in [1.165, 1.54) is 11.8 Å². The first kappa shape index (κ1) is 26.3. The molecule has 2 N–H and O–H groups in total. The number of ether oxygens (including phenoxy) is 3. The molecule has 1 heterocycles. The Morgan fingerprint density at radius 2 is 1.81 bits per heavy atom. The van der Waals surface area contributed by atoms with Crippen LogP contribution >= 0.6 is 27.7 Å². The second-order valence-electron chi connectivity index (χ2n) is 7.64. The van der Waals surface area contributed by atoms with Crippen LogP contribution in [0.4, 0.5) is 11.4 Å². The van der Waals surface area contributed by atoms with Crippen LogP contribution in [-0.2, 0) is 9.59 Å². The fraction of sp³-hybridized carbons (Fsp3) is 0.148. The van der Waals surface area contributed by atoms with Crippen LogP contribution in [-0.4, -0.2) is 37.3 Å². The van der Waals surface area contributed by atoms with Crippen molar-refractivity contribution in [3.05, 3.63) is 81.7 Å². The minimum absolute atomic E-state index is 0.189. The summed E-state index contributed by atoms with van der Waals surface area (Å²) in [4.78, 5) is 29.8. The minimum Gasteiger partial charge on any atom is -0.497 e. The first-order valence-corrected chi connectivity index (χ1v) is 12.9. The average molecular weight is 582 g/mol. The highest BCUT2D eigenvalue weighted by atomic mass is 79.9. The maximum Gasteiger partial charge on any atom is 0.264 e. The van der Waals surface area contributed by atoms with E-state index in [9.17, 15) is 9.59 Å². The lowest BCUT2D eigenvalue weighted by atomic mass is 10.2. The summed E-state index contributed by atoms with van der Waals surface area (Å²) in [6.07, 6.45) is 1.75. The molecule has 4 rings (SSSR count). The maximum absolute atomic E-state index is 12.6. The van der Waals surface area contributed by atoms with E-state index < -0.39 is 0 Å². The summed E-state index contributed by atoms with van der Waals surface area (Å²) in [7, 11) is 1.60. The van der Waals surface area contributed by atoms with E-state index in [0.29, 0.717) is 49.6 Å². The first-order chi connectivity index (χ1) is 17.9. The number of carbonyl (C=O) groups is 2. The Bertz CT molecular complexity index is 1340. The minimum atomic E-state index is -0.293. The summed E-state index contributed by atoms with van der Waals surface area (Å²) in [6.45, 7) is 2.07. The van der Waals surface area contributed by atoms with Gasteiger partial charge in [-0.3, -0.25) is 9.59 Å². The molecule has 0 bridgehead atoms. The van der Waals surface area contributed by atoms with Crippen LogP contribution in [0.2, 0.25) is 0 Å². The highest BCUT2D eigenvalue weighted by Crippen LogP contribution is 2.37. The number of amidine groups is 1. The summed E-state index contributed by atoms with van der Waals surface area (Å²) in [5, 5.41) is 6.04. The van der Waals surface area contributed by atoms with Crippen LogP contribution in [0.15, 0.2) is 81.1 Å². The highest BCUT2D eigenvalue weighted by Gasteiger charge is 2.24. The number of carbonyl (C=O) groups excluding carboxylic acids is 2. The van der Waals surface area contributed by atoms with E-state index in [-0.39, 0.29) is 18.4 Å². The summed E-state index contributed by atoms with van der Waals surface area (Å²) in [6, 6.07) is 19.9. The molecular formula is C27H24BrN3O5S. The number of methoxy groups -OCH3 is 1. The number of benzene rings is 3. The number of hydrogen-bond donors (Lipinski definition) is 2. The summed E-state index contributed by atoms with van der Waals surface area (Å²) < 4.78 is 17.3. The van der Waals surface area contributed by atoms with E-state index in [1.54, 1.807) is 49.6 Å². The number of para-hydroxylation sites is 1. The number of thioether (sulfide) groups is 1. The van der Waals surface area contributed by atoms with Crippen molar-refractivity contribution in [1.82, 2.24) is 5.32 Å². The molecule has 0 aromatic heterocycles. The first-order valence-electron chi connectivity index (χ1n) is 11.3. The fourth-order valence-corrected chi connectivity index (χ4v) is 4.57. The van der Waals surface area contributed by atoms with Gasteiger partial charge in [0.1, 0.15) is 5.75 Å². The van der Waals surface area contributed by atoms with Gasteiger partial charge in [-0.05, 0) is 78.9 Å². The van der Waals surface area contributed by atoms with Gasteiger partial charge in [-0.25, -0.2) is 4.99 Å². The molecule has 1 fully saturated rings. The van der Waals surface area contributed by atoms with Gasteiger partial charge in [0, 0.05) is 10.2 Å². The molecule has 0 aliphatic carbocycles. The Morgan fingerprint density at radius 1 is 1.08 bits per heavy atom. The van der Waals surface area contributed by atoms with Crippen LogP contribution in [0, 0.1) is 0 Å². The lowest BCUT2D eigenvalue weighted by Crippen LogP contribution is -2.20. The normalized spacial score (nSPS) is 14.9. The average Bonchev–Trinajstić information content (AvgIpc) is 3.24. The Kier molecular flexibility index (Phi) is 8.86. The van der Waals surface area contributed by atoms with E-state index in [0.717, 1.165) is 5.75 Å². The monoisotopic (exact) mass is 581 g/mol. The topological polar surface area (TPSA) is 98.2 Å². The third-order valence-electron chi connectivity index (χ3n) is 5.02. The lowest BCUT2D eigenvalue weighted by molar-refractivity contribution is -0.118. The zero-order valence-electron chi connectivity index (χ0n) is 20.1. The molecule has 0 atom stereocenters. The number of nitrogens with one attached hydrogen (secondary N) is 2. The van der Waals surface area contributed by atoms with E-state index >= 15 is 0 Å². The molecule has 0 spiro atoms. The maximum atomic E-state index is 12.6. The molecule has 190 valence electrons. The molecule has 0 radical (unpaired) electrons. The molecular weight excluding hydrogens is 558 g/mol. The van der Waals surface area contributed by atoms with Crippen LogP contribution in [0.5, 0.6) is 17.2 Å².